The van der Waals surface area contributed by atoms with E-state index in [4.69, 9.17) is 28.1 Å². The summed E-state index contributed by atoms with van der Waals surface area (Å²) in [6.45, 7) is 0.649. The average molecular weight is 757 g/mol. The number of carbonyl (C=O) groups excluding carboxylic acids is 1. The highest BCUT2D eigenvalue weighted by Gasteiger charge is 2.51. The van der Waals surface area contributed by atoms with Crippen LogP contribution < -0.4 is 10.2 Å². The summed E-state index contributed by atoms with van der Waals surface area (Å²) in [7, 11) is 0. The van der Waals surface area contributed by atoms with Crippen LogP contribution in [0.1, 0.15) is 12.5 Å². The van der Waals surface area contributed by atoms with Crippen LogP contribution in [0.5, 0.6) is 34.5 Å². The fourth-order valence-electron chi connectivity index (χ4n) is 5.87. The van der Waals surface area contributed by atoms with E-state index in [9.17, 15) is 60.7 Å². The molecule has 0 radical (unpaired) electrons. The number of phenols is 5. The van der Waals surface area contributed by atoms with Gasteiger partial charge in [-0.2, -0.15) is 0 Å². The number of phenolic OH excluding ortho intramolecular Hbond substituents is 5. The van der Waals surface area contributed by atoms with Crippen LogP contribution in [0.3, 0.4) is 0 Å². The van der Waals surface area contributed by atoms with Crippen molar-refractivity contribution in [2.75, 3.05) is 6.61 Å². The number of aromatic hydroxyl groups is 5. The van der Waals surface area contributed by atoms with Gasteiger partial charge in [0.15, 0.2) is 29.7 Å². The van der Waals surface area contributed by atoms with E-state index >= 15 is 0 Å². The van der Waals surface area contributed by atoms with Crippen LogP contribution in [-0.4, -0.2) is 125 Å². The summed E-state index contributed by atoms with van der Waals surface area (Å²) in [5, 5.41) is 104. The molecule has 0 spiro atoms. The van der Waals surface area contributed by atoms with Gasteiger partial charge in [0, 0.05) is 23.8 Å². The summed E-state index contributed by atoms with van der Waals surface area (Å²) in [5.74, 6) is -4.52. The molecule has 0 amide bonds. The zero-order valence-corrected chi connectivity index (χ0v) is 28.1. The third kappa shape index (κ3) is 7.77. The van der Waals surface area contributed by atoms with Crippen LogP contribution in [0.4, 0.5) is 0 Å². The molecule has 288 valence electrons. The number of carbonyl (C=O) groups is 1. The van der Waals surface area contributed by atoms with E-state index in [1.165, 1.54) is 43.3 Å². The highest BCUT2D eigenvalue weighted by molar-refractivity contribution is 5.88. The Bertz CT molecular complexity index is 2080. The van der Waals surface area contributed by atoms with Crippen molar-refractivity contribution in [2.45, 2.75) is 68.3 Å². The SMILES string of the molecule is C[C@@H]1O[C@@H](O[C@H]2[C@H](Oc3c(-c4ccc(O)c(O)c4)oc4cc(O)cc(O)c4c3=O)O[C@H](COC(=O)C=Cc3ccc(O)cc3)[C@@H](O)[C@@H]2O)[C@H](O)[C@H](O)[C@H]1O. The van der Waals surface area contributed by atoms with E-state index in [-0.39, 0.29) is 16.9 Å². The number of aliphatic hydroxyl groups excluding tert-OH is 5. The van der Waals surface area contributed by atoms with Gasteiger partial charge >= 0.3 is 5.97 Å². The third-order valence-electron chi connectivity index (χ3n) is 8.83. The van der Waals surface area contributed by atoms with Crippen LogP contribution in [0.2, 0.25) is 0 Å². The molecule has 1 aromatic heterocycles. The largest absolute Gasteiger partial charge is 0.508 e. The molecule has 18 nitrogen and oxygen atoms in total. The highest BCUT2D eigenvalue weighted by Crippen LogP contribution is 2.40. The first kappa shape index (κ1) is 38.3. The van der Waals surface area contributed by atoms with Gasteiger partial charge in [-0.25, -0.2) is 4.79 Å². The van der Waals surface area contributed by atoms with E-state index in [1.807, 2.05) is 0 Å². The summed E-state index contributed by atoms with van der Waals surface area (Å²) < 4.78 is 34.3. The zero-order chi connectivity index (χ0) is 39.0. The second kappa shape index (κ2) is 15.5. The predicted octanol–water partition coefficient (Wildman–Crippen LogP) is 0.283. The van der Waals surface area contributed by atoms with E-state index in [0.717, 1.165) is 30.3 Å². The Kier molecular flexibility index (Phi) is 11.0. The molecular weight excluding hydrogens is 720 g/mol. The summed E-state index contributed by atoms with van der Waals surface area (Å²) in [6.07, 6.45) is -15.1. The minimum atomic E-state index is -2.02. The Labute approximate surface area is 304 Å². The molecule has 2 aliphatic rings. The number of ether oxygens (including phenoxy) is 5. The van der Waals surface area contributed by atoms with Gasteiger partial charge in [0.2, 0.25) is 17.5 Å². The van der Waals surface area contributed by atoms with Crippen molar-refractivity contribution in [1.29, 1.82) is 0 Å². The fraction of sp³-hybridized carbons (Fsp3) is 0.333. The van der Waals surface area contributed by atoms with Crippen LogP contribution >= 0.6 is 0 Å². The van der Waals surface area contributed by atoms with Crippen LogP contribution in [-0.2, 0) is 23.7 Å². The van der Waals surface area contributed by atoms with Gasteiger partial charge in [0.1, 0.15) is 71.4 Å². The molecule has 54 heavy (non-hydrogen) atoms. The van der Waals surface area contributed by atoms with Gasteiger partial charge in [-0.3, -0.25) is 4.79 Å². The van der Waals surface area contributed by atoms with Crippen molar-refractivity contribution in [1.82, 2.24) is 0 Å². The number of fused-ring (bicyclic) bond motifs is 1. The monoisotopic (exact) mass is 756 g/mol. The molecule has 2 aliphatic heterocycles. The van der Waals surface area contributed by atoms with E-state index < -0.39 is 119 Å². The van der Waals surface area contributed by atoms with E-state index in [2.05, 4.69) is 0 Å². The molecular formula is C36H36O18. The minimum Gasteiger partial charge on any atom is -0.508 e. The zero-order valence-electron chi connectivity index (χ0n) is 28.1. The molecule has 0 bridgehead atoms. The molecule has 0 saturated carbocycles. The Balaban J connectivity index is 1.37. The maximum atomic E-state index is 14.0. The second-order valence-corrected chi connectivity index (χ2v) is 12.6. The first-order valence-corrected chi connectivity index (χ1v) is 16.3. The lowest BCUT2D eigenvalue weighted by Gasteiger charge is -2.45. The van der Waals surface area contributed by atoms with Crippen LogP contribution in [0, 0.1) is 0 Å². The van der Waals surface area contributed by atoms with Gasteiger partial charge in [-0.05, 0) is 48.9 Å². The molecule has 6 rings (SSSR count). The lowest BCUT2D eigenvalue weighted by Crippen LogP contribution is -2.64. The highest BCUT2D eigenvalue weighted by atomic mass is 16.8. The number of esters is 1. The molecule has 10 atom stereocenters. The number of hydrogen-bond acceptors (Lipinski definition) is 18. The van der Waals surface area contributed by atoms with Crippen LogP contribution in [0.25, 0.3) is 28.4 Å². The van der Waals surface area contributed by atoms with Crippen LogP contribution in [0.15, 0.2) is 69.9 Å². The molecule has 2 fully saturated rings. The topological polar surface area (TPSA) is 296 Å². The van der Waals surface area contributed by atoms with Gasteiger partial charge in [0.05, 0.1) is 6.10 Å². The number of rotatable bonds is 9. The fourth-order valence-corrected chi connectivity index (χ4v) is 5.87. The molecule has 3 heterocycles. The second-order valence-electron chi connectivity index (χ2n) is 12.6. The number of benzene rings is 3. The van der Waals surface area contributed by atoms with Crippen molar-refractivity contribution >= 4 is 23.0 Å². The summed E-state index contributed by atoms with van der Waals surface area (Å²) in [5.41, 5.74) is -0.970. The maximum absolute atomic E-state index is 14.0. The Morgan fingerprint density at radius 3 is 2.19 bits per heavy atom. The van der Waals surface area contributed by atoms with Crippen molar-refractivity contribution < 1.29 is 84.0 Å². The Morgan fingerprint density at radius 2 is 1.48 bits per heavy atom. The van der Waals surface area contributed by atoms with Crippen molar-refractivity contribution in [2.24, 2.45) is 0 Å². The normalized spacial score (nSPS) is 28.6. The van der Waals surface area contributed by atoms with Gasteiger partial charge in [0.25, 0.3) is 0 Å². The lowest BCUT2D eigenvalue weighted by atomic mass is 9.97. The average Bonchev–Trinajstić information content (AvgIpc) is 3.13. The maximum Gasteiger partial charge on any atom is 0.330 e. The van der Waals surface area contributed by atoms with E-state index in [1.54, 1.807) is 0 Å². The summed E-state index contributed by atoms with van der Waals surface area (Å²) in [4.78, 5) is 26.6. The summed E-state index contributed by atoms with van der Waals surface area (Å²) >= 11 is 0. The molecule has 18 heteroatoms. The van der Waals surface area contributed by atoms with Crippen molar-refractivity contribution in [3.63, 3.8) is 0 Å². The standard InChI is InChI=1S/C36H36O18/c1-14-26(43)29(46)31(48)35(50-14)54-34-30(47)27(44)23(13-49-24(42)9-4-15-2-6-17(37)7-3-15)52-36(34)53-33-28(45)25-21(41)11-18(38)12-22(25)51-32(33)16-5-8-19(39)20(40)10-16/h2-12,14,23,26-27,29-31,34-41,43-44,46-48H,13H2,1H3/t14-,23+,26-,27+,29+,30-,31+,34+,35-,36-/m0/s1. The van der Waals surface area contributed by atoms with E-state index in [0.29, 0.717) is 5.56 Å². The lowest BCUT2D eigenvalue weighted by molar-refractivity contribution is -0.354. The molecule has 3 aromatic carbocycles. The van der Waals surface area contributed by atoms with Gasteiger partial charge < -0.3 is 79.2 Å². The first-order valence-electron chi connectivity index (χ1n) is 16.3. The summed E-state index contributed by atoms with van der Waals surface area (Å²) in [6, 6.07) is 11.0. The Hall–Kier alpha value is -5.44. The minimum absolute atomic E-state index is 0.00881. The quantitative estimate of drug-likeness (QED) is 0.0623. The van der Waals surface area contributed by atoms with Gasteiger partial charge in [-0.1, -0.05) is 12.1 Å². The number of aliphatic hydroxyl groups is 5. The smallest absolute Gasteiger partial charge is 0.330 e. The Morgan fingerprint density at radius 1 is 0.759 bits per heavy atom. The molecule has 4 aromatic rings. The first-order chi connectivity index (χ1) is 25.6. The molecule has 0 unspecified atom stereocenters. The molecule has 0 aliphatic carbocycles. The number of hydrogen-bond donors (Lipinski definition) is 10. The molecule has 2 saturated heterocycles. The van der Waals surface area contributed by atoms with Crippen molar-refractivity contribution in [3.05, 3.63) is 76.5 Å². The predicted molar refractivity (Wildman–Crippen MR) is 181 cm³/mol. The van der Waals surface area contributed by atoms with Gasteiger partial charge in [-0.15, -0.1) is 0 Å². The van der Waals surface area contributed by atoms with Crippen molar-refractivity contribution in [3.8, 4) is 45.8 Å². The third-order valence-corrected chi connectivity index (χ3v) is 8.83. The molecule has 10 N–H and O–H groups in total.